The van der Waals surface area contributed by atoms with Crippen LogP contribution in [0.4, 0.5) is 5.69 Å². The highest BCUT2D eigenvalue weighted by Gasteiger charge is 2.11. The number of H-pyrrole nitrogens is 1. The van der Waals surface area contributed by atoms with Crippen molar-refractivity contribution in [2.45, 2.75) is 12.8 Å². The molecule has 3 aromatic rings. The fourth-order valence-electron chi connectivity index (χ4n) is 2.29. The lowest BCUT2D eigenvalue weighted by Crippen LogP contribution is -1.95. The normalized spacial score (nSPS) is 11.3. The zero-order chi connectivity index (χ0) is 16.2. The molecule has 0 bridgehead atoms. The molecule has 6 heteroatoms. The van der Waals surface area contributed by atoms with Crippen LogP contribution in [0.5, 0.6) is 5.88 Å². The Morgan fingerprint density at radius 3 is 2.74 bits per heavy atom. The molecule has 0 spiro atoms. The smallest absolute Gasteiger partial charge is 0.265 e. The van der Waals surface area contributed by atoms with Gasteiger partial charge in [0.25, 0.3) is 5.91 Å². The van der Waals surface area contributed by atoms with Crippen LogP contribution >= 0.6 is 15.9 Å². The molecule has 0 saturated heterocycles. The topological polar surface area (TPSA) is 77.8 Å². The van der Waals surface area contributed by atoms with Crippen molar-refractivity contribution in [2.75, 3.05) is 0 Å². The fraction of sp³-hybridized carbons (Fsp3) is 0.118. The molecular formula is C17H14BrN3O2. The first kappa shape index (κ1) is 15.4. The molecule has 2 N–H and O–H groups in total. The van der Waals surface area contributed by atoms with E-state index in [0.29, 0.717) is 11.8 Å². The lowest BCUT2D eigenvalue weighted by molar-refractivity contribution is -0.118. The predicted molar refractivity (Wildman–Crippen MR) is 91.9 cm³/mol. The number of aromatic nitrogens is 1. The van der Waals surface area contributed by atoms with Crippen LogP contribution in [-0.4, -0.2) is 16.0 Å². The van der Waals surface area contributed by atoms with Gasteiger partial charge in [-0.1, -0.05) is 46.3 Å². The van der Waals surface area contributed by atoms with E-state index in [4.69, 9.17) is 0 Å². The molecule has 0 unspecified atom stereocenters. The number of aryl methyl sites for hydroxylation is 1. The minimum atomic E-state index is -0.322. The molecule has 0 fully saturated rings. The van der Waals surface area contributed by atoms with Crippen LogP contribution in [0.15, 0.2) is 63.2 Å². The second-order valence-corrected chi connectivity index (χ2v) is 6.01. The third-order valence-electron chi connectivity index (χ3n) is 3.45. The summed E-state index contributed by atoms with van der Waals surface area (Å²) in [7, 11) is 0. The number of hydrogen-bond donors (Lipinski definition) is 2. The highest BCUT2D eigenvalue weighted by atomic mass is 79.9. The van der Waals surface area contributed by atoms with Crippen molar-refractivity contribution in [3.8, 4) is 5.88 Å². The summed E-state index contributed by atoms with van der Waals surface area (Å²) in [5.41, 5.74) is 2.08. The van der Waals surface area contributed by atoms with Gasteiger partial charge < -0.3 is 10.1 Å². The lowest BCUT2D eigenvalue weighted by atomic mass is 10.1. The Hall–Kier alpha value is -2.47. The summed E-state index contributed by atoms with van der Waals surface area (Å²) in [5.74, 6) is -0.421. The molecule has 5 nitrogen and oxygen atoms in total. The van der Waals surface area contributed by atoms with Gasteiger partial charge in [0, 0.05) is 16.3 Å². The maximum atomic E-state index is 11.9. The van der Waals surface area contributed by atoms with Gasteiger partial charge in [0.15, 0.2) is 5.69 Å². The number of amides is 1. The highest BCUT2D eigenvalue weighted by Crippen LogP contribution is 2.36. The summed E-state index contributed by atoms with van der Waals surface area (Å²) >= 11 is 3.37. The summed E-state index contributed by atoms with van der Waals surface area (Å²) in [6.45, 7) is 0. The van der Waals surface area contributed by atoms with Gasteiger partial charge in [0.05, 0.1) is 5.52 Å². The van der Waals surface area contributed by atoms with Gasteiger partial charge in [-0.25, -0.2) is 0 Å². The zero-order valence-corrected chi connectivity index (χ0v) is 13.7. The van der Waals surface area contributed by atoms with Crippen molar-refractivity contribution in [1.82, 2.24) is 4.98 Å². The average molecular weight is 372 g/mol. The number of azo groups is 1. The molecular weight excluding hydrogens is 358 g/mol. The first-order valence-electron chi connectivity index (χ1n) is 7.12. The number of rotatable bonds is 4. The molecule has 1 heterocycles. The van der Waals surface area contributed by atoms with Gasteiger partial charge in [-0.05, 0) is 30.2 Å². The highest BCUT2D eigenvalue weighted by molar-refractivity contribution is 9.10. The van der Waals surface area contributed by atoms with Crippen molar-refractivity contribution in [1.29, 1.82) is 0 Å². The van der Waals surface area contributed by atoms with Gasteiger partial charge in [0.1, 0.15) is 0 Å². The minimum Gasteiger partial charge on any atom is -0.493 e. The van der Waals surface area contributed by atoms with Gasteiger partial charge in [-0.15, -0.1) is 10.2 Å². The van der Waals surface area contributed by atoms with Gasteiger partial charge in [-0.3, -0.25) is 4.79 Å². The van der Waals surface area contributed by atoms with Gasteiger partial charge in [0.2, 0.25) is 5.88 Å². The van der Waals surface area contributed by atoms with E-state index in [2.05, 4.69) is 31.1 Å². The van der Waals surface area contributed by atoms with Crippen LogP contribution in [0.3, 0.4) is 0 Å². The zero-order valence-electron chi connectivity index (χ0n) is 12.2. The third-order valence-corrected chi connectivity index (χ3v) is 3.94. The summed E-state index contributed by atoms with van der Waals surface area (Å²) < 4.78 is 0.857. The largest absolute Gasteiger partial charge is 0.493 e. The van der Waals surface area contributed by atoms with E-state index in [0.717, 1.165) is 15.6 Å². The number of aromatic amines is 1. The quantitative estimate of drug-likeness (QED) is 0.641. The maximum Gasteiger partial charge on any atom is 0.265 e. The molecule has 0 atom stereocenters. The van der Waals surface area contributed by atoms with E-state index in [9.17, 15) is 9.90 Å². The number of aromatic hydroxyl groups is 1. The average Bonchev–Trinajstić information content (AvgIpc) is 2.86. The molecule has 0 aliphatic carbocycles. The summed E-state index contributed by atoms with van der Waals surface area (Å²) in [5, 5.41) is 18.2. The third kappa shape index (κ3) is 3.65. The predicted octanol–water partition coefficient (Wildman–Crippen LogP) is 4.88. The maximum absolute atomic E-state index is 11.9. The Labute approximate surface area is 141 Å². The van der Waals surface area contributed by atoms with E-state index < -0.39 is 0 Å². The van der Waals surface area contributed by atoms with Gasteiger partial charge >= 0.3 is 0 Å². The number of nitrogens with zero attached hydrogens (tertiary/aromatic N) is 2. The van der Waals surface area contributed by atoms with Crippen molar-refractivity contribution in [3.63, 3.8) is 0 Å². The lowest BCUT2D eigenvalue weighted by Gasteiger charge is -1.97. The molecule has 0 aliphatic heterocycles. The van der Waals surface area contributed by atoms with E-state index in [-0.39, 0.29) is 23.9 Å². The van der Waals surface area contributed by atoms with Crippen LogP contribution in [0.1, 0.15) is 12.0 Å². The number of nitrogens with one attached hydrogen (secondary N) is 1. The molecule has 2 aromatic carbocycles. The molecule has 0 saturated carbocycles. The first-order valence-corrected chi connectivity index (χ1v) is 7.91. The molecule has 3 rings (SSSR count). The van der Waals surface area contributed by atoms with E-state index in [1.54, 1.807) is 0 Å². The minimum absolute atomic E-state index is 0.0993. The van der Waals surface area contributed by atoms with Crippen LogP contribution in [0, 0.1) is 0 Å². The Bertz CT molecular complexity index is 872. The standard InChI is InChI=1S/C17H14BrN3O2/c18-12-7-8-14-13(10-12)16(17(23)19-14)21-20-15(22)9-6-11-4-2-1-3-5-11/h1-5,7-8,10,19,23H,6,9H2. The molecule has 1 amide bonds. The molecule has 116 valence electrons. The van der Waals surface area contributed by atoms with E-state index in [1.165, 1.54) is 0 Å². The number of carbonyl (C=O) groups is 1. The Balaban J connectivity index is 1.73. The van der Waals surface area contributed by atoms with Crippen LogP contribution in [0.25, 0.3) is 10.9 Å². The Morgan fingerprint density at radius 2 is 1.96 bits per heavy atom. The Kier molecular flexibility index (Phi) is 4.52. The molecule has 23 heavy (non-hydrogen) atoms. The number of carbonyl (C=O) groups excluding carboxylic acids is 1. The van der Waals surface area contributed by atoms with Crippen molar-refractivity contribution < 1.29 is 9.90 Å². The van der Waals surface area contributed by atoms with Crippen LogP contribution in [0.2, 0.25) is 0 Å². The number of fused-ring (bicyclic) bond motifs is 1. The van der Waals surface area contributed by atoms with Gasteiger partial charge in [-0.2, -0.15) is 0 Å². The fourth-order valence-corrected chi connectivity index (χ4v) is 2.65. The molecule has 0 radical (unpaired) electrons. The SMILES string of the molecule is O=C(CCc1ccccc1)N=Nc1c(O)[nH]c2ccc(Br)cc12. The number of benzene rings is 2. The summed E-state index contributed by atoms with van der Waals surface area (Å²) in [6, 6.07) is 15.2. The monoisotopic (exact) mass is 371 g/mol. The van der Waals surface area contributed by atoms with Crippen molar-refractivity contribution in [2.24, 2.45) is 10.2 Å². The molecule has 0 aliphatic rings. The van der Waals surface area contributed by atoms with E-state index in [1.807, 2.05) is 48.5 Å². The second-order valence-electron chi connectivity index (χ2n) is 5.09. The number of halogens is 1. The summed E-state index contributed by atoms with van der Waals surface area (Å²) in [6.07, 6.45) is 0.893. The van der Waals surface area contributed by atoms with Crippen LogP contribution < -0.4 is 0 Å². The number of hydrogen-bond acceptors (Lipinski definition) is 3. The van der Waals surface area contributed by atoms with Crippen molar-refractivity contribution >= 4 is 38.4 Å². The van der Waals surface area contributed by atoms with E-state index >= 15 is 0 Å². The first-order chi connectivity index (χ1) is 11.1. The second kappa shape index (κ2) is 6.75. The van der Waals surface area contributed by atoms with Crippen LogP contribution in [-0.2, 0) is 11.2 Å². The molecule has 1 aromatic heterocycles. The Morgan fingerprint density at radius 1 is 1.17 bits per heavy atom. The van der Waals surface area contributed by atoms with Crippen molar-refractivity contribution in [3.05, 3.63) is 58.6 Å². The summed E-state index contributed by atoms with van der Waals surface area (Å²) in [4.78, 5) is 14.7.